The standard InChI is InChI=1S/C67H88N14O13/c1-2-70-67(93)77-66(69)72-29-12-19-55(62(89)73-42-48-22-26-53(82)27-23-48)75-65(92)61(51-15-7-4-8-16-51)52-17-11-18-54(40-52)94-38-10-9-28-71-63(90)56(39-47-20-24-50(25-21-47)49-13-5-3-6-14-49)76-64(91)57(41-68)74-46-81-36-34-79(44-59(85)86)32-30-78(43-58(83)84)31-33-80(35-37-81)45-60(87)88/h3-8,11,13-18,20-27,40,55-56,61,82H,2,9-10,12,19,28-39,41-46,68H2,1H3,(H,71,90)(H,73,89)(H,75,92)(H,76,91)(H,83,84)(H,85,86)(H,87,88)(H4,69,70,72,77,93)/t55-,56-,61+/m1/s1. The average molecular weight is 1300 g/mol. The number of rotatable bonds is 33. The number of guanidine groups is 1. The highest BCUT2D eigenvalue weighted by Gasteiger charge is 2.29. The first-order valence-electron chi connectivity index (χ1n) is 31.4. The Morgan fingerprint density at radius 2 is 1.13 bits per heavy atom. The highest BCUT2D eigenvalue weighted by Crippen LogP contribution is 2.29. The molecule has 0 aromatic heterocycles. The molecule has 1 aliphatic rings. The summed E-state index contributed by atoms with van der Waals surface area (Å²) in [6, 6.07) is 37.4. The van der Waals surface area contributed by atoms with Crippen molar-refractivity contribution in [2.75, 3.05) is 111 Å². The number of aliphatic imine (C=N–C) groups is 2. The number of aromatic hydroxyl groups is 1. The maximum absolute atomic E-state index is 14.6. The van der Waals surface area contributed by atoms with E-state index in [1.807, 2.05) is 89.8 Å². The van der Waals surface area contributed by atoms with Gasteiger partial charge in [-0.3, -0.25) is 68.5 Å². The summed E-state index contributed by atoms with van der Waals surface area (Å²) < 4.78 is 6.23. The molecule has 504 valence electrons. The molecule has 5 aromatic rings. The number of phenolic OH excluding ortho intramolecular Hbond substituents is 1. The molecule has 1 saturated heterocycles. The number of phenols is 1. The predicted octanol–water partition coefficient (Wildman–Crippen LogP) is 2.24. The largest absolute Gasteiger partial charge is 0.508 e. The van der Waals surface area contributed by atoms with Gasteiger partial charge in [0.1, 0.15) is 29.3 Å². The van der Waals surface area contributed by atoms with Gasteiger partial charge in [-0.2, -0.15) is 0 Å². The highest BCUT2D eigenvalue weighted by molar-refractivity contribution is 6.40. The molecule has 94 heavy (non-hydrogen) atoms. The number of hydrogen-bond donors (Lipinski definition) is 12. The molecule has 1 heterocycles. The van der Waals surface area contributed by atoms with Gasteiger partial charge in [0, 0.05) is 91.5 Å². The summed E-state index contributed by atoms with van der Waals surface area (Å²) in [6.45, 7) is 3.51. The second kappa shape index (κ2) is 39.6. The number of nitrogens with zero attached hydrogens (tertiary/aromatic N) is 6. The Kier molecular flexibility index (Phi) is 30.8. The lowest BCUT2D eigenvalue weighted by atomic mass is 9.90. The number of aliphatic carboxylic acids is 3. The molecule has 0 saturated carbocycles. The first-order chi connectivity index (χ1) is 45.3. The minimum Gasteiger partial charge on any atom is -0.508 e. The lowest BCUT2D eigenvalue weighted by molar-refractivity contribution is -0.140. The van der Waals surface area contributed by atoms with E-state index < -0.39 is 65.6 Å². The zero-order valence-electron chi connectivity index (χ0n) is 53.0. The fourth-order valence-corrected chi connectivity index (χ4v) is 10.3. The summed E-state index contributed by atoms with van der Waals surface area (Å²) in [6.07, 6.45) is 1.57. The number of amides is 6. The predicted molar refractivity (Wildman–Crippen MR) is 355 cm³/mol. The van der Waals surface area contributed by atoms with Crippen molar-refractivity contribution in [3.63, 3.8) is 0 Å². The van der Waals surface area contributed by atoms with Gasteiger partial charge in [0.25, 0.3) is 5.91 Å². The monoisotopic (exact) mass is 1300 g/mol. The van der Waals surface area contributed by atoms with Crippen LogP contribution in [0, 0.1) is 0 Å². The van der Waals surface area contributed by atoms with Crippen LogP contribution in [0.3, 0.4) is 0 Å². The Hall–Kier alpha value is -9.80. The van der Waals surface area contributed by atoms with E-state index in [9.17, 15) is 58.8 Å². The number of urea groups is 1. The van der Waals surface area contributed by atoms with Crippen LogP contribution in [0.5, 0.6) is 11.5 Å². The second-order valence-electron chi connectivity index (χ2n) is 22.5. The van der Waals surface area contributed by atoms with Crippen molar-refractivity contribution in [1.82, 2.24) is 51.5 Å². The van der Waals surface area contributed by atoms with E-state index in [0.29, 0.717) is 42.7 Å². The highest BCUT2D eigenvalue weighted by atomic mass is 16.5. The summed E-state index contributed by atoms with van der Waals surface area (Å²) in [5, 5.41) is 55.4. The second-order valence-corrected chi connectivity index (χ2v) is 22.5. The fraction of sp³-hybridized carbons (Fsp3) is 0.403. The number of ether oxygens (including phenoxy) is 1. The molecule has 0 unspecified atom stereocenters. The minimum absolute atomic E-state index is 0.0575. The van der Waals surface area contributed by atoms with Crippen LogP contribution >= 0.6 is 0 Å². The smallest absolute Gasteiger partial charge is 0.321 e. The number of hydrogen-bond acceptors (Lipinski definition) is 17. The zero-order chi connectivity index (χ0) is 67.6. The van der Waals surface area contributed by atoms with Gasteiger partial charge in [-0.1, -0.05) is 109 Å². The first kappa shape index (κ1) is 73.3. The van der Waals surface area contributed by atoms with Gasteiger partial charge < -0.3 is 63.2 Å². The van der Waals surface area contributed by atoms with Gasteiger partial charge in [-0.05, 0) is 90.3 Å². The lowest BCUT2D eigenvalue weighted by Crippen LogP contribution is -2.51. The first-order valence-corrected chi connectivity index (χ1v) is 31.4. The molecule has 14 N–H and O–H groups in total. The molecule has 27 nitrogen and oxygen atoms in total. The fourth-order valence-electron chi connectivity index (χ4n) is 10.3. The third kappa shape index (κ3) is 26.4. The maximum Gasteiger partial charge on any atom is 0.321 e. The number of carboxylic acids is 3. The van der Waals surface area contributed by atoms with E-state index in [0.717, 1.165) is 22.3 Å². The Balaban J connectivity index is 1.11. The quantitative estimate of drug-likeness (QED) is 0.0163. The summed E-state index contributed by atoms with van der Waals surface area (Å²) in [5.41, 5.74) is 16.7. The molecule has 5 aromatic carbocycles. The number of benzene rings is 5. The molecule has 6 amide bonds. The number of carbonyl (C=O) groups is 8. The van der Waals surface area contributed by atoms with E-state index in [-0.39, 0.29) is 142 Å². The molecule has 27 heteroatoms. The van der Waals surface area contributed by atoms with Gasteiger partial charge >= 0.3 is 23.9 Å². The van der Waals surface area contributed by atoms with Gasteiger partial charge in [-0.15, -0.1) is 0 Å². The van der Waals surface area contributed by atoms with Crippen LogP contribution in [0.4, 0.5) is 4.79 Å². The number of carbonyl (C=O) groups excluding carboxylic acids is 5. The molecule has 0 spiro atoms. The summed E-state index contributed by atoms with van der Waals surface area (Å²) in [4.78, 5) is 120. The third-order valence-electron chi connectivity index (χ3n) is 15.3. The Morgan fingerprint density at radius 3 is 1.71 bits per heavy atom. The molecule has 1 aliphatic heterocycles. The molecule has 3 atom stereocenters. The van der Waals surface area contributed by atoms with Crippen molar-refractivity contribution in [3.8, 4) is 22.6 Å². The number of carboxylic acid groups (broad SMARTS) is 3. The topological polar surface area (TPSA) is 389 Å². The molecule has 1 fully saturated rings. The van der Waals surface area contributed by atoms with Crippen LogP contribution in [0.2, 0.25) is 0 Å². The normalized spacial score (nSPS) is 15.0. The van der Waals surface area contributed by atoms with Gasteiger partial charge in [0.2, 0.25) is 17.7 Å². The average Bonchev–Trinajstić information content (AvgIpc) is 0.852. The van der Waals surface area contributed by atoms with Crippen molar-refractivity contribution in [2.24, 2.45) is 21.5 Å². The maximum atomic E-state index is 14.6. The van der Waals surface area contributed by atoms with Crippen LogP contribution in [0.25, 0.3) is 11.1 Å². The number of unbranched alkanes of at least 4 members (excludes halogenated alkanes) is 1. The van der Waals surface area contributed by atoms with Crippen molar-refractivity contribution >= 4 is 59.2 Å². The van der Waals surface area contributed by atoms with Gasteiger partial charge in [0.05, 0.1) is 38.8 Å². The van der Waals surface area contributed by atoms with E-state index in [1.54, 1.807) is 58.0 Å². The molecular formula is C67H88N14O13. The van der Waals surface area contributed by atoms with Crippen LogP contribution in [-0.2, 0) is 46.5 Å². The van der Waals surface area contributed by atoms with Crippen molar-refractivity contribution in [3.05, 3.63) is 156 Å². The SMILES string of the molecule is CCNC(=O)NC(N)=NCCC[C@@H](NC(=O)[C@@H](c1ccccc1)c1cccc(OCCCCNC(=O)[C@@H](Cc2ccc(-c3ccccc3)cc2)NC(=O)C(CN)=NCN2CCN(CC(=O)O)CCN(CC(=O)O)CCN(CC(=O)O)CC2)c1)C(=O)NCc1ccc(O)cc1. The van der Waals surface area contributed by atoms with Crippen LogP contribution in [0.15, 0.2) is 143 Å². The van der Waals surface area contributed by atoms with E-state index in [2.05, 4.69) is 41.9 Å². The van der Waals surface area contributed by atoms with E-state index in [4.69, 9.17) is 16.2 Å². The van der Waals surface area contributed by atoms with E-state index in [1.165, 1.54) is 12.1 Å². The van der Waals surface area contributed by atoms with E-state index >= 15 is 0 Å². The zero-order valence-corrected chi connectivity index (χ0v) is 53.0. The Morgan fingerprint density at radius 1 is 0.574 bits per heavy atom. The van der Waals surface area contributed by atoms with Crippen molar-refractivity contribution in [2.45, 2.75) is 63.6 Å². The van der Waals surface area contributed by atoms with Gasteiger partial charge in [0.15, 0.2) is 5.96 Å². The summed E-state index contributed by atoms with van der Waals surface area (Å²) in [5.74, 6) is -5.66. The molecule has 0 aliphatic carbocycles. The number of nitrogens with two attached hydrogens (primary N) is 2. The Labute approximate surface area is 547 Å². The van der Waals surface area contributed by atoms with Crippen molar-refractivity contribution < 1.29 is 63.5 Å². The third-order valence-corrected chi connectivity index (χ3v) is 15.3. The number of nitrogens with one attached hydrogen (secondary N) is 6. The molecule has 0 bridgehead atoms. The molecular weight excluding hydrogens is 1210 g/mol. The van der Waals surface area contributed by atoms with Crippen LogP contribution < -0.4 is 48.1 Å². The minimum atomic E-state index is -1.07. The summed E-state index contributed by atoms with van der Waals surface area (Å²) in [7, 11) is 0. The lowest BCUT2D eigenvalue weighted by Gasteiger charge is -2.32. The molecule has 0 radical (unpaired) electrons. The van der Waals surface area contributed by atoms with Gasteiger partial charge in [-0.25, -0.2) is 4.79 Å². The Bertz CT molecular complexity index is 3270. The van der Waals surface area contributed by atoms with Crippen LogP contribution in [0.1, 0.15) is 60.8 Å². The van der Waals surface area contributed by atoms with Crippen molar-refractivity contribution in [1.29, 1.82) is 0 Å². The van der Waals surface area contributed by atoms with Crippen LogP contribution in [-0.4, -0.2) is 223 Å². The summed E-state index contributed by atoms with van der Waals surface area (Å²) >= 11 is 0. The molecule has 6 rings (SSSR count).